The van der Waals surface area contributed by atoms with Crippen LogP contribution in [0.1, 0.15) is 45.7 Å². The van der Waals surface area contributed by atoms with Gasteiger partial charge in [-0.15, -0.1) is 0 Å². The molecule has 0 unspecified atom stereocenters. The summed E-state index contributed by atoms with van der Waals surface area (Å²) in [5.41, 5.74) is 6.53. The van der Waals surface area contributed by atoms with Gasteiger partial charge < -0.3 is 24.1 Å². The minimum Gasteiger partial charge on any atom is -0.396 e. The number of halogens is 1. The van der Waals surface area contributed by atoms with E-state index in [1.54, 1.807) is 0 Å². The van der Waals surface area contributed by atoms with Crippen molar-refractivity contribution < 1.29 is 24.1 Å². The molecule has 0 saturated carbocycles. The van der Waals surface area contributed by atoms with E-state index in [0.717, 1.165) is 38.7 Å². The first-order chi connectivity index (χ1) is 24.1. The normalized spacial score (nSPS) is 21.3. The maximum Gasteiger partial charge on any atom is 0.115 e. The molecule has 5 aromatic rings. The molecule has 5 nitrogen and oxygen atoms in total. The Labute approximate surface area is 299 Å². The van der Waals surface area contributed by atoms with Crippen molar-refractivity contribution in [2.75, 3.05) is 6.61 Å². The fourth-order valence-electron chi connectivity index (χ4n) is 6.77. The molecule has 0 aromatic heterocycles. The summed E-state index contributed by atoms with van der Waals surface area (Å²) in [6.45, 7) is 3.14. The number of aliphatic hydroxyl groups is 1. The summed E-state index contributed by atoms with van der Waals surface area (Å²) in [4.78, 5) is 0. The zero-order valence-corrected chi connectivity index (χ0v) is 29.5. The van der Waals surface area contributed by atoms with Gasteiger partial charge in [-0.2, -0.15) is 0 Å². The fourth-order valence-corrected chi connectivity index (χ4v) is 7.24. The minimum absolute atomic E-state index is 0.106. The quantitative estimate of drug-likeness (QED) is 0.117. The van der Waals surface area contributed by atoms with Gasteiger partial charge in [-0.3, -0.25) is 0 Å². The Morgan fingerprint density at radius 3 is 1.57 bits per heavy atom. The van der Waals surface area contributed by atoms with Gasteiger partial charge in [-0.25, -0.2) is 0 Å². The molecule has 1 aliphatic heterocycles. The summed E-state index contributed by atoms with van der Waals surface area (Å²) < 4.78 is 28.9. The molecule has 6 rings (SSSR count). The van der Waals surface area contributed by atoms with Gasteiger partial charge in [0.2, 0.25) is 0 Å². The molecule has 1 fully saturated rings. The standard InChI is InChI=1S/C43H45BrO5/c1-31-26-36(44)23-24-37(31)38(27-45)40-42(47-29-34-18-10-4-11-19-34)43(48-30-35-20-12-5-13-21-35)41(46-28-33-16-8-3-9-17-33)39(49-40)25-22-32-14-6-2-7-15-32/h2-21,23-24,26,38-43,45H,22,25,27-30H2,1H3/t38-,39-,40-,41-,42-,43-/m1/s1. The van der Waals surface area contributed by atoms with Crippen molar-refractivity contribution in [3.8, 4) is 0 Å². The van der Waals surface area contributed by atoms with Crippen LogP contribution in [0.15, 0.2) is 144 Å². The van der Waals surface area contributed by atoms with Crippen LogP contribution in [0.4, 0.5) is 0 Å². The van der Waals surface area contributed by atoms with Crippen LogP contribution in [0.25, 0.3) is 0 Å². The number of hydrogen-bond donors (Lipinski definition) is 1. The zero-order valence-electron chi connectivity index (χ0n) is 27.9. The van der Waals surface area contributed by atoms with Gasteiger partial charge in [0.25, 0.3) is 0 Å². The van der Waals surface area contributed by atoms with Gasteiger partial charge in [0.15, 0.2) is 0 Å². The van der Waals surface area contributed by atoms with Gasteiger partial charge in [-0.05, 0) is 65.3 Å². The van der Waals surface area contributed by atoms with Crippen LogP contribution in [0.5, 0.6) is 0 Å². The predicted molar refractivity (Wildman–Crippen MR) is 197 cm³/mol. The zero-order chi connectivity index (χ0) is 33.8. The van der Waals surface area contributed by atoms with Crippen LogP contribution in [-0.4, -0.2) is 42.2 Å². The number of aryl methyl sites for hydroxylation is 2. The Morgan fingerprint density at radius 1 is 0.612 bits per heavy atom. The summed E-state index contributed by atoms with van der Waals surface area (Å²) >= 11 is 3.62. The Bertz CT molecular complexity index is 1690. The second kappa shape index (κ2) is 17.9. The highest BCUT2D eigenvalue weighted by atomic mass is 79.9. The van der Waals surface area contributed by atoms with E-state index in [-0.39, 0.29) is 18.6 Å². The van der Waals surface area contributed by atoms with Crippen LogP contribution in [0.2, 0.25) is 0 Å². The first-order valence-corrected chi connectivity index (χ1v) is 17.9. The van der Waals surface area contributed by atoms with Crippen LogP contribution in [0.3, 0.4) is 0 Å². The van der Waals surface area contributed by atoms with Crippen molar-refractivity contribution in [1.29, 1.82) is 0 Å². The van der Waals surface area contributed by atoms with Gasteiger partial charge in [0, 0.05) is 10.4 Å². The summed E-state index contributed by atoms with van der Waals surface area (Å²) in [5, 5.41) is 11.1. The van der Waals surface area contributed by atoms with Crippen LogP contribution in [-0.2, 0) is 45.2 Å². The topological polar surface area (TPSA) is 57.2 Å². The molecule has 1 heterocycles. The molecule has 5 aromatic carbocycles. The summed E-state index contributed by atoms with van der Waals surface area (Å²) in [5.74, 6) is -0.356. The molecule has 0 amide bonds. The van der Waals surface area contributed by atoms with Crippen LogP contribution < -0.4 is 0 Å². The maximum atomic E-state index is 11.1. The van der Waals surface area contributed by atoms with Gasteiger partial charge in [-0.1, -0.05) is 143 Å². The lowest BCUT2D eigenvalue weighted by atomic mass is 9.81. The Morgan fingerprint density at radius 2 is 1.08 bits per heavy atom. The van der Waals surface area contributed by atoms with Crippen molar-refractivity contribution in [2.45, 2.75) is 76.0 Å². The van der Waals surface area contributed by atoms with E-state index < -0.39 is 24.4 Å². The molecule has 0 radical (unpaired) electrons. The molecule has 0 spiro atoms. The average Bonchev–Trinajstić information content (AvgIpc) is 3.14. The van der Waals surface area contributed by atoms with E-state index in [1.807, 2.05) is 66.7 Å². The number of aliphatic hydroxyl groups excluding tert-OH is 1. The Balaban J connectivity index is 1.40. The number of ether oxygens (including phenoxy) is 4. The third-order valence-electron chi connectivity index (χ3n) is 9.31. The highest BCUT2D eigenvalue weighted by Gasteiger charge is 2.50. The molecule has 1 saturated heterocycles. The summed E-state index contributed by atoms with van der Waals surface area (Å²) in [6, 6.07) is 47.3. The second-order valence-electron chi connectivity index (χ2n) is 12.7. The molecular weight excluding hydrogens is 676 g/mol. The maximum absolute atomic E-state index is 11.1. The lowest BCUT2D eigenvalue weighted by Gasteiger charge is -2.48. The third kappa shape index (κ3) is 9.55. The largest absolute Gasteiger partial charge is 0.396 e. The highest BCUT2D eigenvalue weighted by Crippen LogP contribution is 2.39. The molecular formula is C43H45BrO5. The van der Waals surface area contributed by atoms with Gasteiger partial charge >= 0.3 is 0 Å². The number of benzene rings is 5. The average molecular weight is 722 g/mol. The lowest BCUT2D eigenvalue weighted by Crippen LogP contribution is -2.61. The van der Waals surface area contributed by atoms with Crippen molar-refractivity contribution >= 4 is 15.9 Å². The Kier molecular flexibility index (Phi) is 12.8. The van der Waals surface area contributed by atoms with E-state index >= 15 is 0 Å². The van der Waals surface area contributed by atoms with Crippen LogP contribution in [0, 0.1) is 6.92 Å². The van der Waals surface area contributed by atoms with Crippen molar-refractivity contribution in [3.63, 3.8) is 0 Å². The molecule has 49 heavy (non-hydrogen) atoms. The first-order valence-electron chi connectivity index (χ1n) is 17.1. The predicted octanol–water partition coefficient (Wildman–Crippen LogP) is 8.99. The van der Waals surface area contributed by atoms with E-state index in [2.05, 4.69) is 95.7 Å². The SMILES string of the molecule is Cc1cc(Br)ccc1[C@@H](CO)[C@H]1O[C@H](CCc2ccccc2)[C@@H](OCc2ccccc2)[C@@H](OCc2ccccc2)[C@@H]1OCc1ccccc1. The van der Waals surface area contributed by atoms with Crippen molar-refractivity contribution in [3.05, 3.63) is 177 Å². The van der Waals surface area contributed by atoms with E-state index in [4.69, 9.17) is 18.9 Å². The summed E-state index contributed by atoms with van der Waals surface area (Å²) in [6.07, 6.45) is -0.771. The monoisotopic (exact) mass is 720 g/mol. The highest BCUT2D eigenvalue weighted by molar-refractivity contribution is 9.10. The Hall–Kier alpha value is -3.62. The molecule has 6 atom stereocenters. The van der Waals surface area contributed by atoms with E-state index in [9.17, 15) is 5.11 Å². The van der Waals surface area contributed by atoms with Crippen molar-refractivity contribution in [2.24, 2.45) is 0 Å². The molecule has 0 bridgehead atoms. The second-order valence-corrected chi connectivity index (χ2v) is 13.7. The lowest BCUT2D eigenvalue weighted by molar-refractivity contribution is -0.271. The summed E-state index contributed by atoms with van der Waals surface area (Å²) in [7, 11) is 0. The third-order valence-corrected chi connectivity index (χ3v) is 9.80. The van der Waals surface area contributed by atoms with Gasteiger partial charge in [0.1, 0.15) is 18.3 Å². The molecule has 254 valence electrons. The van der Waals surface area contributed by atoms with E-state index in [1.165, 1.54) is 5.56 Å². The fraction of sp³-hybridized carbons (Fsp3) is 0.302. The molecule has 6 heteroatoms. The smallest absolute Gasteiger partial charge is 0.115 e. The number of hydrogen-bond acceptors (Lipinski definition) is 5. The van der Waals surface area contributed by atoms with E-state index in [0.29, 0.717) is 26.2 Å². The first kappa shape index (κ1) is 35.2. The van der Waals surface area contributed by atoms with Crippen molar-refractivity contribution in [1.82, 2.24) is 0 Å². The number of rotatable bonds is 15. The van der Waals surface area contributed by atoms with Gasteiger partial charge in [0.05, 0.1) is 38.6 Å². The molecule has 1 N–H and O–H groups in total. The molecule has 0 aliphatic carbocycles. The van der Waals surface area contributed by atoms with Crippen LogP contribution >= 0.6 is 15.9 Å². The minimum atomic E-state index is -0.544. The molecule has 1 aliphatic rings.